The van der Waals surface area contributed by atoms with Gasteiger partial charge in [-0.3, -0.25) is 4.68 Å². The molecule has 2 aromatic rings. The molecule has 0 amide bonds. The third kappa shape index (κ3) is 2.81. The van der Waals surface area contributed by atoms with Crippen LogP contribution in [0.3, 0.4) is 0 Å². The minimum absolute atomic E-state index is 0. The molecule has 0 spiro atoms. The van der Waals surface area contributed by atoms with E-state index in [9.17, 15) is 0 Å². The van der Waals surface area contributed by atoms with E-state index in [2.05, 4.69) is 5.10 Å². The number of hydrogen-bond acceptors (Lipinski definition) is 3. The first-order chi connectivity index (χ1) is 7.15. The highest BCUT2D eigenvalue weighted by molar-refractivity contribution is 6.30. The topological polar surface area (TPSA) is 53.1 Å². The van der Waals surface area contributed by atoms with Crippen LogP contribution >= 0.6 is 24.0 Å². The van der Waals surface area contributed by atoms with Crippen molar-refractivity contribution in [2.75, 3.05) is 5.73 Å². The van der Waals surface area contributed by atoms with E-state index in [0.717, 1.165) is 0 Å². The summed E-state index contributed by atoms with van der Waals surface area (Å²) in [5, 5.41) is 4.67. The van der Waals surface area contributed by atoms with Crippen molar-refractivity contribution in [2.45, 2.75) is 0 Å². The largest absolute Gasteiger partial charge is 0.436 e. The van der Waals surface area contributed by atoms with Gasteiger partial charge in [0.2, 0.25) is 0 Å². The minimum Gasteiger partial charge on any atom is -0.436 e. The van der Waals surface area contributed by atoms with Gasteiger partial charge in [-0.2, -0.15) is 0 Å². The zero-order chi connectivity index (χ0) is 10.8. The molecule has 0 aliphatic rings. The van der Waals surface area contributed by atoms with Crippen molar-refractivity contribution in [1.82, 2.24) is 9.78 Å². The summed E-state index contributed by atoms with van der Waals surface area (Å²) in [6, 6.07) is 7.07. The van der Waals surface area contributed by atoms with Gasteiger partial charge in [0, 0.05) is 12.1 Å². The normalized spacial score (nSPS) is 9.62. The number of hydrogen-bond donors (Lipinski definition) is 1. The molecule has 0 aliphatic carbocycles. The lowest BCUT2D eigenvalue weighted by Gasteiger charge is -2.02. The van der Waals surface area contributed by atoms with Crippen LogP contribution in [0.4, 0.5) is 5.69 Å². The van der Waals surface area contributed by atoms with Crippen molar-refractivity contribution in [3.05, 3.63) is 35.5 Å². The molecule has 0 atom stereocenters. The number of nitrogens with zero attached hydrogens (tertiary/aromatic N) is 2. The van der Waals surface area contributed by atoms with Crippen LogP contribution in [0.25, 0.3) is 0 Å². The lowest BCUT2D eigenvalue weighted by atomic mass is 10.3. The van der Waals surface area contributed by atoms with Crippen molar-refractivity contribution >= 4 is 29.7 Å². The molecule has 1 aromatic carbocycles. The van der Waals surface area contributed by atoms with E-state index in [0.29, 0.717) is 22.3 Å². The Balaban J connectivity index is 0.00000128. The predicted molar refractivity (Wildman–Crippen MR) is 66.4 cm³/mol. The number of benzene rings is 1. The summed E-state index contributed by atoms with van der Waals surface area (Å²) in [7, 11) is 1.78. The predicted octanol–water partition coefficient (Wildman–Crippen LogP) is 2.87. The van der Waals surface area contributed by atoms with Gasteiger partial charge in [0.05, 0.1) is 6.20 Å². The lowest BCUT2D eigenvalue weighted by molar-refractivity contribution is 0.456. The molecule has 0 saturated heterocycles. The number of nitrogen functional groups attached to an aromatic ring is 1. The zero-order valence-electron chi connectivity index (χ0n) is 8.55. The molecule has 0 bridgehead atoms. The molecule has 1 heterocycles. The van der Waals surface area contributed by atoms with Crippen LogP contribution in [0.5, 0.6) is 11.6 Å². The van der Waals surface area contributed by atoms with E-state index in [1.54, 1.807) is 42.2 Å². The Bertz CT molecular complexity index is 485. The van der Waals surface area contributed by atoms with Crippen molar-refractivity contribution in [2.24, 2.45) is 7.05 Å². The van der Waals surface area contributed by atoms with Gasteiger partial charge in [0.1, 0.15) is 11.4 Å². The first-order valence-electron chi connectivity index (χ1n) is 4.37. The highest BCUT2D eigenvalue weighted by Crippen LogP contribution is 2.26. The average Bonchev–Trinajstić information content (AvgIpc) is 2.45. The van der Waals surface area contributed by atoms with Crippen molar-refractivity contribution in [3.8, 4) is 11.6 Å². The van der Waals surface area contributed by atoms with E-state index in [-0.39, 0.29) is 12.4 Å². The molecule has 0 aliphatic heterocycles. The maximum absolute atomic E-state index is 5.82. The summed E-state index contributed by atoms with van der Waals surface area (Å²) in [5.41, 5.74) is 6.18. The van der Waals surface area contributed by atoms with Gasteiger partial charge < -0.3 is 10.5 Å². The maximum atomic E-state index is 5.82. The fourth-order valence-corrected chi connectivity index (χ4v) is 1.39. The molecule has 6 heteroatoms. The molecular weight excluding hydrogens is 249 g/mol. The Morgan fingerprint density at radius 1 is 1.44 bits per heavy atom. The van der Waals surface area contributed by atoms with Gasteiger partial charge in [0.25, 0.3) is 5.88 Å². The van der Waals surface area contributed by atoms with Crippen LogP contribution in [0.2, 0.25) is 5.02 Å². The van der Waals surface area contributed by atoms with E-state index in [4.69, 9.17) is 22.1 Å². The Morgan fingerprint density at radius 2 is 2.19 bits per heavy atom. The fourth-order valence-electron chi connectivity index (χ4n) is 1.21. The van der Waals surface area contributed by atoms with Gasteiger partial charge in [-0.25, -0.2) is 0 Å². The molecule has 2 N–H and O–H groups in total. The van der Waals surface area contributed by atoms with Crippen LogP contribution in [0.1, 0.15) is 0 Å². The molecule has 2 rings (SSSR count). The third-order valence-corrected chi connectivity index (χ3v) is 2.07. The summed E-state index contributed by atoms with van der Waals surface area (Å²) in [6.07, 6.45) is 1.68. The average molecular weight is 260 g/mol. The minimum atomic E-state index is 0. The second-order valence-corrected chi connectivity index (χ2v) is 3.56. The van der Waals surface area contributed by atoms with Crippen LogP contribution in [-0.2, 0) is 7.05 Å². The van der Waals surface area contributed by atoms with Gasteiger partial charge in [0.15, 0.2) is 0 Å². The SMILES string of the molecule is Cl.Cn1cc(N)c(Oc2cccc(Cl)c2)n1. The van der Waals surface area contributed by atoms with E-state index in [1.165, 1.54) is 0 Å². The standard InChI is InChI=1S/C10H10ClN3O.ClH/c1-14-6-9(12)10(13-14)15-8-4-2-3-7(11)5-8;/h2-6H,12H2,1H3;1H. The van der Waals surface area contributed by atoms with Crippen molar-refractivity contribution < 1.29 is 4.74 Å². The second kappa shape index (κ2) is 5.09. The van der Waals surface area contributed by atoms with Gasteiger partial charge in [-0.15, -0.1) is 17.5 Å². The summed E-state index contributed by atoms with van der Waals surface area (Å²) in [4.78, 5) is 0. The fraction of sp³-hybridized carbons (Fsp3) is 0.100. The maximum Gasteiger partial charge on any atom is 0.261 e. The number of aryl methyl sites for hydroxylation is 1. The highest BCUT2D eigenvalue weighted by atomic mass is 35.5. The molecule has 4 nitrogen and oxygen atoms in total. The Morgan fingerprint density at radius 3 is 2.75 bits per heavy atom. The summed E-state index contributed by atoms with van der Waals surface area (Å²) < 4.78 is 7.06. The zero-order valence-corrected chi connectivity index (χ0v) is 10.1. The van der Waals surface area contributed by atoms with Crippen molar-refractivity contribution in [3.63, 3.8) is 0 Å². The number of rotatable bonds is 2. The van der Waals surface area contributed by atoms with Crippen LogP contribution in [0, 0.1) is 0 Å². The van der Waals surface area contributed by atoms with E-state index < -0.39 is 0 Å². The Labute approximate surface area is 104 Å². The van der Waals surface area contributed by atoms with Gasteiger partial charge in [-0.1, -0.05) is 17.7 Å². The molecule has 1 aromatic heterocycles. The van der Waals surface area contributed by atoms with Crippen molar-refractivity contribution in [1.29, 1.82) is 0 Å². The molecule has 16 heavy (non-hydrogen) atoms. The number of anilines is 1. The molecule has 86 valence electrons. The molecular formula is C10H11Cl2N3O. The number of ether oxygens (including phenoxy) is 1. The first-order valence-corrected chi connectivity index (χ1v) is 4.75. The number of halogens is 2. The number of aromatic nitrogens is 2. The lowest BCUT2D eigenvalue weighted by Crippen LogP contribution is -1.90. The van der Waals surface area contributed by atoms with Crippen LogP contribution in [-0.4, -0.2) is 9.78 Å². The molecule has 0 fully saturated rings. The monoisotopic (exact) mass is 259 g/mol. The summed E-state index contributed by atoms with van der Waals surface area (Å²) in [5.74, 6) is 1.01. The third-order valence-electron chi connectivity index (χ3n) is 1.83. The first kappa shape index (κ1) is 12.7. The molecule has 0 unspecified atom stereocenters. The molecule has 0 radical (unpaired) electrons. The van der Waals surface area contributed by atoms with Gasteiger partial charge >= 0.3 is 0 Å². The van der Waals surface area contributed by atoms with Gasteiger partial charge in [-0.05, 0) is 18.2 Å². The van der Waals surface area contributed by atoms with E-state index in [1.807, 2.05) is 0 Å². The number of nitrogens with two attached hydrogens (primary N) is 1. The smallest absolute Gasteiger partial charge is 0.261 e. The highest BCUT2D eigenvalue weighted by Gasteiger charge is 2.06. The Kier molecular flexibility index (Phi) is 4.04. The quantitative estimate of drug-likeness (QED) is 0.903. The van der Waals surface area contributed by atoms with E-state index >= 15 is 0 Å². The summed E-state index contributed by atoms with van der Waals surface area (Å²) >= 11 is 5.82. The van der Waals surface area contributed by atoms with Crippen LogP contribution < -0.4 is 10.5 Å². The van der Waals surface area contributed by atoms with Crippen LogP contribution in [0.15, 0.2) is 30.5 Å². The summed E-state index contributed by atoms with van der Waals surface area (Å²) in [6.45, 7) is 0. The molecule has 0 saturated carbocycles. The Hall–Kier alpha value is -1.39. The second-order valence-electron chi connectivity index (χ2n) is 3.12.